The molecule has 1 aromatic heterocycles. The maximum atomic E-state index is 11.8. The van der Waals surface area contributed by atoms with Gasteiger partial charge in [-0.2, -0.15) is 4.98 Å². The first-order chi connectivity index (χ1) is 15.7. The topological polar surface area (TPSA) is 135 Å². The summed E-state index contributed by atoms with van der Waals surface area (Å²) in [6, 6.07) is 10.3. The molecular weight excluding hydrogens is 470 g/mol. The number of aromatic nitrogens is 2. The highest BCUT2D eigenvalue weighted by molar-refractivity contribution is 7.92. The molecule has 1 heterocycles. The lowest BCUT2D eigenvalue weighted by molar-refractivity contribution is 0.201. The van der Waals surface area contributed by atoms with Crippen molar-refractivity contribution in [2.75, 3.05) is 41.9 Å². The Morgan fingerprint density at radius 3 is 2.45 bits per heavy atom. The van der Waals surface area contributed by atoms with Crippen LogP contribution in [0.4, 0.5) is 28.8 Å². The van der Waals surface area contributed by atoms with Gasteiger partial charge in [-0.3, -0.25) is 4.72 Å². The summed E-state index contributed by atoms with van der Waals surface area (Å²) in [7, 11) is -2.05. The van der Waals surface area contributed by atoms with E-state index in [4.69, 9.17) is 26.2 Å². The number of hydrogen-bond donors (Lipinski definition) is 4. The maximum absolute atomic E-state index is 11.8. The van der Waals surface area contributed by atoms with E-state index in [1.54, 1.807) is 24.3 Å². The summed E-state index contributed by atoms with van der Waals surface area (Å²) in [5, 5.41) is 15.3. The first kappa shape index (κ1) is 24.4. The Kier molecular flexibility index (Phi) is 7.79. The van der Waals surface area contributed by atoms with Gasteiger partial charge in [-0.05, 0) is 42.8 Å². The number of aryl methyl sites for hydroxylation is 1. The van der Waals surface area contributed by atoms with Gasteiger partial charge in [0.05, 0.1) is 37.5 Å². The Labute approximate surface area is 197 Å². The lowest BCUT2D eigenvalue weighted by Crippen LogP contribution is -2.11. The van der Waals surface area contributed by atoms with Crippen LogP contribution >= 0.6 is 11.6 Å². The van der Waals surface area contributed by atoms with E-state index in [1.165, 1.54) is 13.3 Å². The first-order valence-corrected chi connectivity index (χ1v) is 12.0. The molecule has 176 valence electrons. The minimum absolute atomic E-state index is 0.0664. The third-order valence-electron chi connectivity index (χ3n) is 4.32. The van der Waals surface area contributed by atoms with Crippen molar-refractivity contribution in [3.05, 3.63) is 53.2 Å². The van der Waals surface area contributed by atoms with E-state index in [0.29, 0.717) is 17.2 Å². The molecule has 0 saturated heterocycles. The van der Waals surface area contributed by atoms with Crippen molar-refractivity contribution in [3.63, 3.8) is 0 Å². The minimum Gasteiger partial charge on any atom is -0.497 e. The van der Waals surface area contributed by atoms with Gasteiger partial charge < -0.3 is 25.2 Å². The standard InChI is InChI=1S/C21H24ClN5O5S/c1-13-10-15(32-9-8-28)5-6-17(13)25-21-23-12-16(22)20(26-21)24-18-7-4-14(31-2)11-19(18)27-33(3,29)30/h4-7,10-12,27-28H,8-9H2,1-3H3,(H2,23,24,25,26). The highest BCUT2D eigenvalue weighted by Crippen LogP contribution is 2.33. The van der Waals surface area contributed by atoms with Gasteiger partial charge in [0.1, 0.15) is 23.1 Å². The summed E-state index contributed by atoms with van der Waals surface area (Å²) in [6.45, 7) is 2.04. The summed E-state index contributed by atoms with van der Waals surface area (Å²) in [6.07, 6.45) is 2.48. The number of aliphatic hydroxyl groups excluding tert-OH is 1. The zero-order valence-electron chi connectivity index (χ0n) is 18.2. The SMILES string of the molecule is COc1ccc(Nc2nc(Nc3ccc(OCCO)cc3C)ncc2Cl)c(NS(C)(=O)=O)c1. The number of nitrogens with zero attached hydrogens (tertiary/aromatic N) is 2. The predicted molar refractivity (Wildman–Crippen MR) is 129 cm³/mol. The van der Waals surface area contributed by atoms with Crippen LogP contribution < -0.4 is 24.8 Å². The largest absolute Gasteiger partial charge is 0.497 e. The van der Waals surface area contributed by atoms with Crippen LogP contribution in [0.25, 0.3) is 0 Å². The molecular formula is C21H24ClN5O5S. The van der Waals surface area contributed by atoms with Gasteiger partial charge in [0, 0.05) is 11.8 Å². The van der Waals surface area contributed by atoms with Crippen molar-refractivity contribution < 1.29 is 23.0 Å². The van der Waals surface area contributed by atoms with Crippen molar-refractivity contribution in [2.45, 2.75) is 6.92 Å². The number of hydrogen-bond acceptors (Lipinski definition) is 9. The van der Waals surface area contributed by atoms with Crippen LogP contribution in [0.3, 0.4) is 0 Å². The van der Waals surface area contributed by atoms with E-state index in [0.717, 1.165) is 17.5 Å². The van der Waals surface area contributed by atoms with Gasteiger partial charge in [0.15, 0.2) is 5.82 Å². The quantitative estimate of drug-likeness (QED) is 0.333. The fraction of sp³-hybridized carbons (Fsp3) is 0.238. The molecule has 33 heavy (non-hydrogen) atoms. The molecule has 0 saturated carbocycles. The molecule has 0 amide bonds. The van der Waals surface area contributed by atoms with E-state index in [-0.39, 0.29) is 35.7 Å². The Morgan fingerprint density at radius 1 is 1.06 bits per heavy atom. The van der Waals surface area contributed by atoms with E-state index in [2.05, 4.69) is 25.3 Å². The molecule has 3 rings (SSSR count). The van der Waals surface area contributed by atoms with E-state index >= 15 is 0 Å². The molecule has 0 bridgehead atoms. The van der Waals surface area contributed by atoms with E-state index in [1.807, 2.05) is 19.1 Å². The number of aliphatic hydroxyl groups is 1. The molecule has 0 atom stereocenters. The van der Waals surface area contributed by atoms with Crippen molar-refractivity contribution in [3.8, 4) is 11.5 Å². The van der Waals surface area contributed by atoms with Crippen LogP contribution in [0.2, 0.25) is 5.02 Å². The molecule has 0 unspecified atom stereocenters. The highest BCUT2D eigenvalue weighted by Gasteiger charge is 2.13. The number of anilines is 5. The van der Waals surface area contributed by atoms with Gasteiger partial charge in [-0.25, -0.2) is 13.4 Å². The molecule has 3 aromatic rings. The fourth-order valence-electron chi connectivity index (χ4n) is 2.84. The number of ether oxygens (including phenoxy) is 2. The highest BCUT2D eigenvalue weighted by atomic mass is 35.5. The summed E-state index contributed by atoms with van der Waals surface area (Å²) in [5.41, 5.74) is 2.33. The summed E-state index contributed by atoms with van der Waals surface area (Å²) >= 11 is 6.28. The third-order valence-corrected chi connectivity index (χ3v) is 5.19. The second-order valence-corrected chi connectivity index (χ2v) is 9.13. The monoisotopic (exact) mass is 493 g/mol. The average molecular weight is 494 g/mol. The van der Waals surface area contributed by atoms with Crippen molar-refractivity contribution in [2.24, 2.45) is 0 Å². The van der Waals surface area contributed by atoms with Gasteiger partial charge in [0.2, 0.25) is 16.0 Å². The second-order valence-electron chi connectivity index (χ2n) is 6.97. The molecule has 0 fully saturated rings. The van der Waals surface area contributed by atoms with E-state index < -0.39 is 10.0 Å². The maximum Gasteiger partial charge on any atom is 0.229 e. The van der Waals surface area contributed by atoms with Crippen molar-refractivity contribution in [1.29, 1.82) is 0 Å². The summed E-state index contributed by atoms with van der Waals surface area (Å²) in [5.74, 6) is 1.67. The number of sulfonamides is 1. The third kappa shape index (κ3) is 6.85. The first-order valence-electron chi connectivity index (χ1n) is 9.75. The smallest absolute Gasteiger partial charge is 0.229 e. The Balaban J connectivity index is 1.86. The van der Waals surface area contributed by atoms with Crippen LogP contribution in [-0.4, -0.2) is 50.1 Å². The van der Waals surface area contributed by atoms with Crippen LogP contribution in [0.15, 0.2) is 42.6 Å². The number of benzene rings is 2. The number of rotatable bonds is 10. The number of nitrogens with one attached hydrogen (secondary N) is 3. The molecule has 0 aliphatic heterocycles. The molecule has 0 radical (unpaired) electrons. The van der Waals surface area contributed by atoms with Gasteiger partial charge in [-0.1, -0.05) is 11.6 Å². The summed E-state index contributed by atoms with van der Waals surface area (Å²) < 4.78 is 36.6. The fourth-order valence-corrected chi connectivity index (χ4v) is 3.54. The molecule has 2 aromatic carbocycles. The Bertz CT molecular complexity index is 1240. The zero-order chi connectivity index (χ0) is 24.0. The molecule has 10 nitrogen and oxygen atoms in total. The molecule has 0 aliphatic carbocycles. The molecule has 12 heteroatoms. The lowest BCUT2D eigenvalue weighted by atomic mass is 10.2. The van der Waals surface area contributed by atoms with Crippen molar-refractivity contribution in [1.82, 2.24) is 9.97 Å². The zero-order valence-corrected chi connectivity index (χ0v) is 19.8. The number of halogens is 1. The van der Waals surface area contributed by atoms with Crippen molar-refractivity contribution >= 4 is 50.5 Å². The van der Waals surface area contributed by atoms with E-state index in [9.17, 15) is 8.42 Å². The number of methoxy groups -OCH3 is 1. The van der Waals surface area contributed by atoms with Gasteiger partial charge in [0.25, 0.3) is 0 Å². The van der Waals surface area contributed by atoms with Gasteiger partial charge in [-0.15, -0.1) is 0 Å². The molecule has 4 N–H and O–H groups in total. The summed E-state index contributed by atoms with van der Waals surface area (Å²) in [4.78, 5) is 8.63. The van der Waals surface area contributed by atoms with Gasteiger partial charge >= 0.3 is 0 Å². The predicted octanol–water partition coefficient (Wildman–Crippen LogP) is 3.68. The lowest BCUT2D eigenvalue weighted by Gasteiger charge is -2.15. The Hall–Kier alpha value is -3.28. The van der Waals surface area contributed by atoms with Crippen LogP contribution in [-0.2, 0) is 10.0 Å². The van der Waals surface area contributed by atoms with Crippen LogP contribution in [0.5, 0.6) is 11.5 Å². The second kappa shape index (κ2) is 10.6. The molecule has 0 spiro atoms. The average Bonchev–Trinajstić information content (AvgIpc) is 2.76. The minimum atomic E-state index is -3.54. The Morgan fingerprint density at radius 2 is 1.79 bits per heavy atom. The molecule has 0 aliphatic rings. The van der Waals surface area contributed by atoms with Crippen LogP contribution in [0.1, 0.15) is 5.56 Å². The normalized spacial score (nSPS) is 11.1. The van der Waals surface area contributed by atoms with Crippen LogP contribution in [0, 0.1) is 6.92 Å².